The number of carboxylic acid groups (broad SMARTS) is 4. The van der Waals surface area contributed by atoms with Crippen molar-refractivity contribution in [1.29, 1.82) is 0 Å². The molecular formula is C22H36FeN5O16. The maximum absolute atomic E-state index is 10.8. The van der Waals surface area contributed by atoms with E-state index >= 15 is 0 Å². The summed E-state index contributed by atoms with van der Waals surface area (Å²) >= 11 is 0. The van der Waals surface area contributed by atoms with E-state index in [1.54, 1.807) is 0 Å². The Kier molecular flexibility index (Phi) is 34.2. The number of carboxylic acids is 4. The number of hydrogen-bond acceptors (Lipinski definition) is 20. The maximum atomic E-state index is 10.8. The van der Waals surface area contributed by atoms with E-state index in [1.807, 2.05) is 0 Å². The molecule has 22 heteroatoms. The van der Waals surface area contributed by atoms with Crippen LogP contribution in [0.1, 0.15) is 12.8 Å². The normalized spacial score (nSPS) is 15.1. The van der Waals surface area contributed by atoms with E-state index in [4.69, 9.17) is 18.9 Å². The topological polar surface area (TPSA) is 350 Å². The Labute approximate surface area is 261 Å². The van der Waals surface area contributed by atoms with Gasteiger partial charge in [0.15, 0.2) is 0 Å². The second-order valence-corrected chi connectivity index (χ2v) is 7.49. The van der Waals surface area contributed by atoms with Gasteiger partial charge in [0.25, 0.3) is 0 Å². The van der Waals surface area contributed by atoms with E-state index in [2.05, 4.69) is 21.3 Å². The molecule has 21 nitrogen and oxygen atoms in total. The molecule has 2 aliphatic rings. The summed E-state index contributed by atoms with van der Waals surface area (Å²) in [6, 6.07) is 0. The number of cyclic esters (lactones) is 4. The van der Waals surface area contributed by atoms with Gasteiger partial charge in [-0.25, -0.2) is 0 Å². The van der Waals surface area contributed by atoms with Crippen LogP contribution in [-0.4, -0.2) is 127 Å². The van der Waals surface area contributed by atoms with Crippen LogP contribution in [0, 0.1) is 0 Å². The molecule has 0 spiro atoms. The third-order valence-electron chi connectivity index (χ3n) is 3.78. The number of ether oxygens (including phenoxy) is 4. The molecule has 2 heterocycles. The fourth-order valence-corrected chi connectivity index (χ4v) is 2.13. The number of quaternary nitrogens is 1. The number of carbonyl (C=O) groups excluding carboxylic acids is 8. The molecule has 0 aliphatic carbocycles. The smallest absolute Gasteiger partial charge is 0.549 e. The fraction of sp³-hybridized carbons (Fsp3) is 0.636. The van der Waals surface area contributed by atoms with Gasteiger partial charge >= 0.3 is 40.9 Å². The quantitative estimate of drug-likeness (QED) is 0.0901. The predicted molar refractivity (Wildman–Crippen MR) is 131 cm³/mol. The molecule has 0 atom stereocenters. The van der Waals surface area contributed by atoms with Gasteiger partial charge in [-0.05, 0) is 0 Å². The van der Waals surface area contributed by atoms with E-state index in [-0.39, 0.29) is 73.3 Å². The second kappa shape index (κ2) is 32.0. The predicted octanol–water partition coefficient (Wildman–Crippen LogP) is -9.34. The van der Waals surface area contributed by atoms with Crippen LogP contribution in [0.15, 0.2) is 0 Å². The monoisotopic (exact) mass is 682 g/mol. The largest absolute Gasteiger partial charge is 3.00 e. The first-order chi connectivity index (χ1) is 19.8. The first-order valence-electron chi connectivity index (χ1n) is 12.1. The second-order valence-electron chi connectivity index (χ2n) is 7.49. The van der Waals surface area contributed by atoms with Crippen LogP contribution in [0.25, 0.3) is 0 Å². The average molecular weight is 682 g/mol. The molecular weight excluding hydrogens is 646 g/mol. The molecule has 0 amide bonds. The van der Waals surface area contributed by atoms with Crippen molar-refractivity contribution < 1.29 is 94.8 Å². The molecule has 0 saturated carbocycles. The minimum Gasteiger partial charge on any atom is -0.549 e. The van der Waals surface area contributed by atoms with Crippen molar-refractivity contribution in [2.24, 2.45) is 0 Å². The van der Waals surface area contributed by atoms with Gasteiger partial charge < -0.3 is 75.3 Å². The summed E-state index contributed by atoms with van der Waals surface area (Å²) < 4.78 is 19.0. The van der Waals surface area contributed by atoms with Crippen LogP contribution in [0.5, 0.6) is 0 Å². The van der Waals surface area contributed by atoms with Crippen molar-refractivity contribution in [2.75, 3.05) is 78.8 Å². The van der Waals surface area contributed by atoms with Gasteiger partial charge in [0.05, 0.1) is 76.5 Å². The summed E-state index contributed by atoms with van der Waals surface area (Å²) in [4.78, 5) is 81.5. The molecule has 2 aliphatic heterocycles. The van der Waals surface area contributed by atoms with E-state index in [1.165, 1.54) is 0 Å². The molecule has 253 valence electrons. The third-order valence-corrected chi connectivity index (χ3v) is 3.78. The van der Waals surface area contributed by atoms with Crippen LogP contribution in [-0.2, 0) is 74.4 Å². The SMILES string of the molecule is O=C([O-])CNCC(=O)[O-].O=C([O-])CNCC(=O)[O-].O=C1CNCC(=O)OCCCO1.O=C1CNCC(=O)OCCCO1.[Fe+3].[NH4+]. The average Bonchev–Trinajstić information content (AvgIpc) is 2.88. The fourth-order valence-electron chi connectivity index (χ4n) is 2.13. The van der Waals surface area contributed by atoms with Crippen LogP contribution in [0.2, 0.25) is 0 Å². The molecule has 0 bridgehead atoms. The summed E-state index contributed by atoms with van der Waals surface area (Å²) in [5.74, 6) is -6.66. The number of hydrogen-bond donors (Lipinski definition) is 5. The molecule has 0 aromatic rings. The molecule has 2 fully saturated rings. The minimum absolute atomic E-state index is 0. The first kappa shape index (κ1) is 47.0. The number of esters is 4. The Bertz CT molecular complexity index is 759. The van der Waals surface area contributed by atoms with Gasteiger partial charge in [-0.3, -0.25) is 29.8 Å². The molecule has 44 heavy (non-hydrogen) atoms. The molecule has 0 aromatic heterocycles. The summed E-state index contributed by atoms with van der Waals surface area (Å²) in [6.07, 6.45) is 1.13. The summed E-state index contributed by atoms with van der Waals surface area (Å²) in [5, 5.41) is 47.7. The molecule has 1 radical (unpaired) electrons. The van der Waals surface area contributed by atoms with Gasteiger partial charge in [-0.15, -0.1) is 0 Å². The Morgan fingerprint density at radius 3 is 0.909 bits per heavy atom. The zero-order valence-corrected chi connectivity index (χ0v) is 24.9. The number of rotatable bonds is 8. The van der Waals surface area contributed by atoms with Crippen molar-refractivity contribution >= 4 is 47.8 Å². The van der Waals surface area contributed by atoms with Crippen molar-refractivity contribution in [3.63, 3.8) is 0 Å². The van der Waals surface area contributed by atoms with Gasteiger partial charge in [0.1, 0.15) is 0 Å². The van der Waals surface area contributed by atoms with E-state index < -0.39 is 50.1 Å². The minimum atomic E-state index is -1.34. The zero-order chi connectivity index (χ0) is 32.2. The van der Waals surface area contributed by atoms with Gasteiger partial charge in [-0.2, -0.15) is 0 Å². The zero-order valence-electron chi connectivity index (χ0n) is 23.8. The van der Waals surface area contributed by atoms with Gasteiger partial charge in [-0.1, -0.05) is 0 Å². The van der Waals surface area contributed by atoms with Gasteiger partial charge in [0, 0.05) is 39.0 Å². The molecule has 0 aromatic carbocycles. The Morgan fingerprint density at radius 2 is 0.727 bits per heavy atom. The number of nitrogens with one attached hydrogen (secondary N) is 4. The van der Waals surface area contributed by atoms with Crippen molar-refractivity contribution in [1.82, 2.24) is 27.4 Å². The van der Waals surface area contributed by atoms with E-state index in [9.17, 15) is 58.8 Å². The first-order valence-corrected chi connectivity index (χ1v) is 12.1. The van der Waals surface area contributed by atoms with E-state index in [0.717, 1.165) is 0 Å². The molecule has 8 N–H and O–H groups in total. The van der Waals surface area contributed by atoms with Crippen molar-refractivity contribution in [3.05, 3.63) is 0 Å². The van der Waals surface area contributed by atoms with Crippen molar-refractivity contribution in [3.8, 4) is 0 Å². The standard InChI is InChI=1S/2C7H11NO4.2C4H7NO4.Fe.H3N/c2*9-6-4-8-5-7(10)12-3-1-2-11-6;2*6-3(7)1-5-2-4(8)9;;/h2*8H,1-5H2;2*5H,1-2H2,(H,6,7)(H,8,9);;1H3/q;;;;+3;/p-3. The van der Waals surface area contributed by atoms with Crippen LogP contribution < -0.4 is 47.8 Å². The summed E-state index contributed by atoms with van der Waals surface area (Å²) in [6.45, 7) is -0.346. The maximum Gasteiger partial charge on any atom is 3.00 e. The number of carbonyl (C=O) groups is 8. The molecule has 0 unspecified atom stereocenters. The van der Waals surface area contributed by atoms with Crippen LogP contribution in [0.3, 0.4) is 0 Å². The number of aliphatic carboxylic acids is 4. The van der Waals surface area contributed by atoms with Crippen LogP contribution >= 0.6 is 0 Å². The Hall–Kier alpha value is -3.92. The Morgan fingerprint density at radius 1 is 0.523 bits per heavy atom. The van der Waals surface area contributed by atoms with E-state index in [0.29, 0.717) is 39.3 Å². The summed E-state index contributed by atoms with van der Waals surface area (Å²) in [7, 11) is 0. The third kappa shape index (κ3) is 40.2. The molecule has 2 saturated heterocycles. The van der Waals surface area contributed by atoms with Crippen molar-refractivity contribution in [2.45, 2.75) is 12.8 Å². The van der Waals surface area contributed by atoms with Crippen LogP contribution in [0.4, 0.5) is 0 Å². The van der Waals surface area contributed by atoms with Gasteiger partial charge in [0.2, 0.25) is 0 Å². The summed E-state index contributed by atoms with van der Waals surface area (Å²) in [5.41, 5.74) is 0. The Balaban J connectivity index is -0.000000241. The molecule has 2 rings (SSSR count).